The summed E-state index contributed by atoms with van der Waals surface area (Å²) in [6.45, 7) is 5.00. The third kappa shape index (κ3) is 4.41. The predicted molar refractivity (Wildman–Crippen MR) is 75.9 cm³/mol. The van der Waals surface area contributed by atoms with Crippen LogP contribution in [-0.2, 0) is 6.42 Å². The molecular weight excluding hydrogens is 278 g/mol. The van der Waals surface area contributed by atoms with E-state index < -0.39 is 0 Å². The fourth-order valence-electron chi connectivity index (χ4n) is 2.36. The SMILES string of the molecule is CC(C)CC(CN)(CO)Cc1cccc(Br)c1. The number of aliphatic hydroxyl groups is 1. The second-order valence-corrected chi connectivity index (χ2v) is 6.18. The lowest BCUT2D eigenvalue weighted by molar-refractivity contribution is 0.108. The van der Waals surface area contributed by atoms with Gasteiger partial charge < -0.3 is 10.8 Å². The minimum atomic E-state index is -0.186. The van der Waals surface area contributed by atoms with Gasteiger partial charge in [0, 0.05) is 16.4 Å². The van der Waals surface area contributed by atoms with Gasteiger partial charge in [-0.25, -0.2) is 0 Å². The van der Waals surface area contributed by atoms with E-state index in [4.69, 9.17) is 5.73 Å². The van der Waals surface area contributed by atoms with Gasteiger partial charge >= 0.3 is 0 Å². The van der Waals surface area contributed by atoms with Gasteiger partial charge in [-0.05, 0) is 36.5 Å². The van der Waals surface area contributed by atoms with Crippen molar-refractivity contribution >= 4 is 15.9 Å². The highest BCUT2D eigenvalue weighted by Gasteiger charge is 2.29. The van der Waals surface area contributed by atoms with Crippen molar-refractivity contribution in [2.24, 2.45) is 17.1 Å². The fraction of sp³-hybridized carbons (Fsp3) is 0.571. The van der Waals surface area contributed by atoms with Gasteiger partial charge in [0.2, 0.25) is 0 Å². The van der Waals surface area contributed by atoms with Gasteiger partial charge in [-0.2, -0.15) is 0 Å². The van der Waals surface area contributed by atoms with Gasteiger partial charge in [0.15, 0.2) is 0 Å². The van der Waals surface area contributed by atoms with Crippen LogP contribution in [0.15, 0.2) is 28.7 Å². The zero-order valence-electron chi connectivity index (χ0n) is 10.6. The average Bonchev–Trinajstić information content (AvgIpc) is 2.27. The molecule has 96 valence electrons. The van der Waals surface area contributed by atoms with E-state index in [1.807, 2.05) is 12.1 Å². The fourth-order valence-corrected chi connectivity index (χ4v) is 2.81. The van der Waals surface area contributed by atoms with Crippen molar-refractivity contribution in [3.8, 4) is 0 Å². The zero-order chi connectivity index (χ0) is 12.9. The number of nitrogens with two attached hydrogens (primary N) is 1. The molecule has 0 saturated carbocycles. The van der Waals surface area contributed by atoms with Gasteiger partial charge in [-0.1, -0.05) is 41.9 Å². The summed E-state index contributed by atoms with van der Waals surface area (Å²) < 4.78 is 1.07. The number of hydrogen-bond acceptors (Lipinski definition) is 2. The van der Waals surface area contributed by atoms with Crippen LogP contribution in [0.2, 0.25) is 0 Å². The average molecular weight is 300 g/mol. The Kier molecular flexibility index (Phi) is 5.63. The molecule has 3 N–H and O–H groups in total. The molecule has 0 saturated heterocycles. The van der Waals surface area contributed by atoms with Crippen LogP contribution >= 0.6 is 15.9 Å². The Bertz CT molecular complexity index is 348. The third-order valence-electron chi connectivity index (χ3n) is 3.08. The number of hydrogen-bond donors (Lipinski definition) is 2. The van der Waals surface area contributed by atoms with Crippen LogP contribution in [0.5, 0.6) is 0 Å². The van der Waals surface area contributed by atoms with E-state index >= 15 is 0 Å². The summed E-state index contributed by atoms with van der Waals surface area (Å²) in [5, 5.41) is 9.66. The van der Waals surface area contributed by atoms with Crippen molar-refractivity contribution in [3.63, 3.8) is 0 Å². The largest absolute Gasteiger partial charge is 0.396 e. The molecule has 0 amide bonds. The Hall–Kier alpha value is -0.380. The van der Waals surface area contributed by atoms with Crippen LogP contribution in [0.4, 0.5) is 0 Å². The first-order chi connectivity index (χ1) is 8.01. The van der Waals surface area contributed by atoms with E-state index in [0.29, 0.717) is 12.5 Å². The molecule has 0 aliphatic carbocycles. The van der Waals surface area contributed by atoms with Crippen molar-refractivity contribution in [2.75, 3.05) is 13.2 Å². The molecule has 0 bridgehead atoms. The quantitative estimate of drug-likeness (QED) is 0.848. The van der Waals surface area contributed by atoms with E-state index in [0.717, 1.165) is 17.3 Å². The number of halogens is 1. The monoisotopic (exact) mass is 299 g/mol. The molecule has 1 aromatic rings. The van der Waals surface area contributed by atoms with Gasteiger partial charge in [-0.3, -0.25) is 0 Å². The van der Waals surface area contributed by atoms with Gasteiger partial charge in [0.1, 0.15) is 0 Å². The predicted octanol–water partition coefficient (Wildman–Crippen LogP) is 2.98. The van der Waals surface area contributed by atoms with Gasteiger partial charge in [0.25, 0.3) is 0 Å². The molecule has 0 aliphatic rings. The smallest absolute Gasteiger partial charge is 0.0502 e. The number of rotatable bonds is 6. The molecule has 0 aliphatic heterocycles. The molecule has 2 nitrogen and oxygen atoms in total. The van der Waals surface area contributed by atoms with E-state index in [2.05, 4.69) is 41.9 Å². The molecule has 1 atom stereocenters. The lowest BCUT2D eigenvalue weighted by atomic mass is 9.76. The number of benzene rings is 1. The Morgan fingerprint density at radius 1 is 1.41 bits per heavy atom. The Morgan fingerprint density at radius 2 is 2.12 bits per heavy atom. The summed E-state index contributed by atoms with van der Waals surface area (Å²) in [6, 6.07) is 8.22. The molecule has 0 radical (unpaired) electrons. The molecule has 0 fully saturated rings. The second kappa shape index (κ2) is 6.53. The maximum Gasteiger partial charge on any atom is 0.0502 e. The van der Waals surface area contributed by atoms with E-state index in [-0.39, 0.29) is 12.0 Å². The lowest BCUT2D eigenvalue weighted by Crippen LogP contribution is -2.37. The molecule has 1 rings (SSSR count). The minimum Gasteiger partial charge on any atom is -0.396 e. The summed E-state index contributed by atoms with van der Waals surface area (Å²) >= 11 is 3.47. The van der Waals surface area contributed by atoms with Crippen LogP contribution in [0.3, 0.4) is 0 Å². The summed E-state index contributed by atoms with van der Waals surface area (Å²) in [7, 11) is 0. The molecule has 0 heterocycles. The Morgan fingerprint density at radius 3 is 2.59 bits per heavy atom. The van der Waals surface area contributed by atoms with Crippen molar-refractivity contribution < 1.29 is 5.11 Å². The Balaban J connectivity index is 2.85. The van der Waals surface area contributed by atoms with Crippen LogP contribution in [0.1, 0.15) is 25.8 Å². The summed E-state index contributed by atoms with van der Waals surface area (Å²) in [4.78, 5) is 0. The van der Waals surface area contributed by atoms with E-state index in [1.54, 1.807) is 0 Å². The van der Waals surface area contributed by atoms with Crippen LogP contribution in [0, 0.1) is 11.3 Å². The molecule has 17 heavy (non-hydrogen) atoms. The molecular formula is C14H22BrNO. The van der Waals surface area contributed by atoms with Crippen molar-refractivity contribution in [1.29, 1.82) is 0 Å². The first-order valence-corrected chi connectivity index (χ1v) is 6.86. The first kappa shape index (κ1) is 14.7. The topological polar surface area (TPSA) is 46.2 Å². The van der Waals surface area contributed by atoms with E-state index in [9.17, 15) is 5.11 Å². The first-order valence-electron chi connectivity index (χ1n) is 6.07. The van der Waals surface area contributed by atoms with Crippen molar-refractivity contribution in [3.05, 3.63) is 34.3 Å². The Labute approximate surface area is 112 Å². The standard InChI is InChI=1S/C14H22BrNO/c1-11(2)7-14(9-16,10-17)8-12-4-3-5-13(15)6-12/h3-6,11,17H,7-10,16H2,1-2H3. The molecule has 1 unspecified atom stereocenters. The molecule has 0 spiro atoms. The highest BCUT2D eigenvalue weighted by atomic mass is 79.9. The molecule has 0 aromatic heterocycles. The van der Waals surface area contributed by atoms with E-state index in [1.165, 1.54) is 5.56 Å². The van der Waals surface area contributed by atoms with Gasteiger partial charge in [-0.15, -0.1) is 0 Å². The highest BCUT2D eigenvalue weighted by molar-refractivity contribution is 9.10. The molecule has 1 aromatic carbocycles. The van der Waals surface area contributed by atoms with Gasteiger partial charge in [0.05, 0.1) is 6.61 Å². The second-order valence-electron chi connectivity index (χ2n) is 5.27. The highest BCUT2D eigenvalue weighted by Crippen LogP contribution is 2.30. The zero-order valence-corrected chi connectivity index (χ0v) is 12.2. The summed E-state index contributed by atoms with van der Waals surface area (Å²) in [5.74, 6) is 0.540. The normalized spacial score (nSPS) is 14.9. The lowest BCUT2D eigenvalue weighted by Gasteiger charge is -2.32. The minimum absolute atomic E-state index is 0.147. The van der Waals surface area contributed by atoms with Crippen LogP contribution < -0.4 is 5.73 Å². The van der Waals surface area contributed by atoms with Crippen LogP contribution in [0.25, 0.3) is 0 Å². The summed E-state index contributed by atoms with van der Waals surface area (Å²) in [6.07, 6.45) is 1.78. The van der Waals surface area contributed by atoms with Crippen LogP contribution in [-0.4, -0.2) is 18.3 Å². The number of aliphatic hydroxyl groups excluding tert-OH is 1. The maximum absolute atomic E-state index is 9.66. The molecule has 3 heteroatoms. The van der Waals surface area contributed by atoms with Crippen molar-refractivity contribution in [2.45, 2.75) is 26.7 Å². The summed E-state index contributed by atoms with van der Waals surface area (Å²) in [5.41, 5.74) is 6.92. The van der Waals surface area contributed by atoms with Crippen molar-refractivity contribution in [1.82, 2.24) is 0 Å². The third-order valence-corrected chi connectivity index (χ3v) is 3.57. The maximum atomic E-state index is 9.66.